The van der Waals surface area contributed by atoms with Gasteiger partial charge in [0.05, 0.1) is 0 Å². The van der Waals surface area contributed by atoms with E-state index in [2.05, 4.69) is 41.5 Å². The Hall–Kier alpha value is -1.59. The molecule has 0 heterocycles. The monoisotopic (exact) mass is 933 g/mol. The molecule has 2 unspecified atom stereocenters. The lowest BCUT2D eigenvalue weighted by molar-refractivity contribution is -0.167. The van der Waals surface area contributed by atoms with Gasteiger partial charge in [-0.25, -0.2) is 0 Å². The molecule has 3 atom stereocenters. The summed E-state index contributed by atoms with van der Waals surface area (Å²) < 4.78 is 16.9. The third-order valence-corrected chi connectivity index (χ3v) is 14.4. The third kappa shape index (κ3) is 50.3. The molecule has 0 radical (unpaired) electrons. The summed E-state index contributed by atoms with van der Waals surface area (Å²) >= 11 is 0. The number of unbranched alkanes of at least 4 members (excludes halogenated alkanes) is 34. The largest absolute Gasteiger partial charge is 0.462 e. The molecule has 0 rings (SSSR count). The molecule has 0 aliphatic rings. The van der Waals surface area contributed by atoms with Crippen molar-refractivity contribution < 1.29 is 28.6 Å². The van der Waals surface area contributed by atoms with Crippen LogP contribution in [-0.4, -0.2) is 37.2 Å². The minimum Gasteiger partial charge on any atom is -0.462 e. The number of hydrogen-bond acceptors (Lipinski definition) is 6. The van der Waals surface area contributed by atoms with Gasteiger partial charge in [0.25, 0.3) is 0 Å². The first kappa shape index (κ1) is 64.4. The van der Waals surface area contributed by atoms with Crippen LogP contribution in [0.2, 0.25) is 0 Å². The van der Waals surface area contributed by atoms with Gasteiger partial charge in [0.15, 0.2) is 6.10 Å². The van der Waals surface area contributed by atoms with E-state index in [4.69, 9.17) is 14.2 Å². The van der Waals surface area contributed by atoms with Gasteiger partial charge in [-0.15, -0.1) is 0 Å². The summed E-state index contributed by atoms with van der Waals surface area (Å²) in [6, 6.07) is 0. The van der Waals surface area contributed by atoms with E-state index in [9.17, 15) is 14.4 Å². The molecule has 66 heavy (non-hydrogen) atoms. The first-order chi connectivity index (χ1) is 32.2. The van der Waals surface area contributed by atoms with E-state index in [1.165, 1.54) is 212 Å². The van der Waals surface area contributed by atoms with Crippen molar-refractivity contribution in [3.63, 3.8) is 0 Å². The average Bonchev–Trinajstić information content (AvgIpc) is 3.30. The van der Waals surface area contributed by atoms with Crippen molar-refractivity contribution in [1.82, 2.24) is 0 Å². The van der Waals surface area contributed by atoms with Crippen LogP contribution >= 0.6 is 0 Å². The van der Waals surface area contributed by atoms with Crippen molar-refractivity contribution in [3.8, 4) is 0 Å². The predicted octanol–water partition coefficient (Wildman–Crippen LogP) is 19.5. The zero-order valence-electron chi connectivity index (χ0n) is 45.5. The Balaban J connectivity index is 4.29. The highest BCUT2D eigenvalue weighted by atomic mass is 16.6. The average molecular weight is 934 g/mol. The maximum Gasteiger partial charge on any atom is 0.306 e. The minimum atomic E-state index is -0.764. The molecule has 0 N–H and O–H groups in total. The van der Waals surface area contributed by atoms with E-state index >= 15 is 0 Å². The molecule has 6 heteroatoms. The van der Waals surface area contributed by atoms with Crippen molar-refractivity contribution >= 4 is 17.9 Å². The Bertz CT molecular complexity index is 1030. The molecule has 0 saturated carbocycles. The fraction of sp³-hybridized carbons (Fsp3) is 0.950. The molecule has 0 aromatic carbocycles. The highest BCUT2D eigenvalue weighted by Crippen LogP contribution is 2.19. The van der Waals surface area contributed by atoms with Gasteiger partial charge >= 0.3 is 17.9 Å². The Morgan fingerprint density at radius 2 is 0.530 bits per heavy atom. The SMILES string of the molecule is CCC(C)CCCCCCCCCCCCCCCCC(=O)OC[C@@H](COC(=O)CCCCCCCCCCC(C)CC)OC(=O)CCCCCCCCCCCCCCCCCC(C)C. The smallest absolute Gasteiger partial charge is 0.306 e. The van der Waals surface area contributed by atoms with Crippen LogP contribution in [0.1, 0.15) is 330 Å². The van der Waals surface area contributed by atoms with Crippen molar-refractivity contribution in [1.29, 1.82) is 0 Å². The van der Waals surface area contributed by atoms with Crippen molar-refractivity contribution in [2.24, 2.45) is 17.8 Å². The predicted molar refractivity (Wildman–Crippen MR) is 284 cm³/mol. The highest BCUT2D eigenvalue weighted by molar-refractivity contribution is 5.71. The number of rotatable bonds is 53. The van der Waals surface area contributed by atoms with Crippen LogP contribution in [-0.2, 0) is 28.6 Å². The Labute approximate surface area is 412 Å². The summed E-state index contributed by atoms with van der Waals surface area (Å²) in [7, 11) is 0. The number of hydrogen-bond donors (Lipinski definition) is 0. The molecular weight excluding hydrogens is 817 g/mol. The summed E-state index contributed by atoms with van der Waals surface area (Å²) in [4.78, 5) is 38.2. The fourth-order valence-electron chi connectivity index (χ4n) is 9.11. The molecule has 0 aromatic rings. The molecule has 0 spiro atoms. The fourth-order valence-corrected chi connectivity index (χ4v) is 9.11. The Morgan fingerprint density at radius 1 is 0.303 bits per heavy atom. The lowest BCUT2D eigenvalue weighted by Gasteiger charge is -2.18. The second-order valence-corrected chi connectivity index (χ2v) is 21.6. The van der Waals surface area contributed by atoms with Crippen LogP contribution in [0.4, 0.5) is 0 Å². The van der Waals surface area contributed by atoms with Gasteiger partial charge in [0.1, 0.15) is 13.2 Å². The van der Waals surface area contributed by atoms with Crippen LogP contribution < -0.4 is 0 Å². The quantitative estimate of drug-likeness (QED) is 0.0343. The topological polar surface area (TPSA) is 78.9 Å². The number of carbonyl (C=O) groups excluding carboxylic acids is 3. The van der Waals surface area contributed by atoms with E-state index in [1.807, 2.05) is 0 Å². The first-order valence-corrected chi connectivity index (χ1v) is 29.7. The Kier molecular flexibility index (Phi) is 50.0. The van der Waals surface area contributed by atoms with Gasteiger partial charge in [0, 0.05) is 19.3 Å². The van der Waals surface area contributed by atoms with Gasteiger partial charge < -0.3 is 14.2 Å². The van der Waals surface area contributed by atoms with Crippen molar-refractivity contribution in [2.45, 2.75) is 337 Å². The molecule has 0 fully saturated rings. The van der Waals surface area contributed by atoms with Gasteiger partial charge in [-0.2, -0.15) is 0 Å². The van der Waals surface area contributed by atoms with E-state index in [1.54, 1.807) is 0 Å². The van der Waals surface area contributed by atoms with E-state index in [0.29, 0.717) is 19.3 Å². The number of esters is 3. The number of ether oxygens (including phenoxy) is 3. The van der Waals surface area contributed by atoms with Crippen LogP contribution in [0.5, 0.6) is 0 Å². The van der Waals surface area contributed by atoms with Crippen LogP contribution in [0.3, 0.4) is 0 Å². The van der Waals surface area contributed by atoms with E-state index < -0.39 is 6.10 Å². The zero-order valence-corrected chi connectivity index (χ0v) is 45.5. The lowest BCUT2D eigenvalue weighted by atomic mass is 9.99. The normalized spacial score (nSPS) is 13.0. The van der Waals surface area contributed by atoms with Gasteiger partial charge in [0.2, 0.25) is 0 Å². The van der Waals surface area contributed by atoms with Crippen molar-refractivity contribution in [3.05, 3.63) is 0 Å². The van der Waals surface area contributed by atoms with Crippen LogP contribution in [0.15, 0.2) is 0 Å². The van der Waals surface area contributed by atoms with Crippen molar-refractivity contribution in [2.75, 3.05) is 13.2 Å². The third-order valence-electron chi connectivity index (χ3n) is 14.4. The summed E-state index contributed by atoms with van der Waals surface area (Å²) in [5, 5.41) is 0. The molecule has 6 nitrogen and oxygen atoms in total. The second-order valence-electron chi connectivity index (χ2n) is 21.6. The van der Waals surface area contributed by atoms with Gasteiger partial charge in [-0.05, 0) is 37.0 Å². The molecule has 0 aliphatic carbocycles. The minimum absolute atomic E-state index is 0.0636. The summed E-state index contributed by atoms with van der Waals surface area (Å²) in [6.07, 6.45) is 53.7. The first-order valence-electron chi connectivity index (χ1n) is 29.7. The summed E-state index contributed by atoms with van der Waals surface area (Å²) in [6.45, 7) is 13.8. The summed E-state index contributed by atoms with van der Waals surface area (Å²) in [5.41, 5.74) is 0. The lowest BCUT2D eigenvalue weighted by Crippen LogP contribution is -2.30. The second kappa shape index (κ2) is 51.3. The molecule has 0 saturated heterocycles. The summed E-state index contributed by atoms with van der Waals surface area (Å²) in [5.74, 6) is 1.75. The molecule has 0 amide bonds. The standard InChI is InChI=1S/C60H116O6/c1-7-55(5)47-41-35-29-23-19-15-12-13-16-20-24-31-37-43-49-58(61)64-52-57(53-65-59(62)50-44-38-32-27-26-30-36-42-48-56(6)8-2)66-60(63)51-45-39-33-25-21-17-11-9-10-14-18-22-28-34-40-46-54(3)4/h54-57H,7-53H2,1-6H3/t55?,56?,57-/m0/s1. The van der Waals surface area contributed by atoms with Gasteiger partial charge in [-0.1, -0.05) is 292 Å². The molecular formula is C60H116O6. The van der Waals surface area contributed by atoms with Gasteiger partial charge in [-0.3, -0.25) is 14.4 Å². The highest BCUT2D eigenvalue weighted by Gasteiger charge is 2.19. The number of carbonyl (C=O) groups is 3. The molecule has 392 valence electrons. The maximum absolute atomic E-state index is 12.9. The zero-order chi connectivity index (χ0) is 48.4. The van der Waals surface area contributed by atoms with Crippen LogP contribution in [0, 0.1) is 17.8 Å². The maximum atomic E-state index is 12.9. The van der Waals surface area contributed by atoms with Crippen LogP contribution in [0.25, 0.3) is 0 Å². The molecule has 0 aliphatic heterocycles. The molecule has 0 aromatic heterocycles. The Morgan fingerprint density at radius 3 is 0.788 bits per heavy atom. The van der Waals surface area contributed by atoms with E-state index in [-0.39, 0.29) is 31.1 Å². The molecule has 0 bridgehead atoms. The van der Waals surface area contributed by atoms with E-state index in [0.717, 1.165) is 75.5 Å².